The average Bonchev–Trinajstić information content (AvgIpc) is 3.31. The number of aromatic nitrogens is 3. The maximum absolute atomic E-state index is 14.6. The summed E-state index contributed by atoms with van der Waals surface area (Å²) in [5, 5.41) is 7.76. The number of nitrogens with zero attached hydrogens (tertiary/aromatic N) is 5. The normalized spacial score (nSPS) is 21.5. The van der Waals surface area contributed by atoms with E-state index in [9.17, 15) is 12.8 Å². The second kappa shape index (κ2) is 6.12. The van der Waals surface area contributed by atoms with E-state index in [2.05, 4.69) is 20.2 Å². The molecular formula is C16H15FN6O4S. The van der Waals surface area contributed by atoms with Crippen LogP contribution in [-0.4, -0.2) is 46.7 Å². The third kappa shape index (κ3) is 2.91. The Morgan fingerprint density at radius 1 is 1.25 bits per heavy atom. The predicted molar refractivity (Wildman–Crippen MR) is 95.7 cm³/mol. The summed E-state index contributed by atoms with van der Waals surface area (Å²) in [5.41, 5.74) is 4.75. The highest BCUT2D eigenvalue weighted by Gasteiger charge is 2.41. The van der Waals surface area contributed by atoms with Crippen molar-refractivity contribution in [3.05, 3.63) is 42.0 Å². The van der Waals surface area contributed by atoms with Gasteiger partial charge in [-0.2, -0.15) is 0 Å². The average molecular weight is 406 g/mol. The number of halogens is 1. The molecule has 1 atom stereocenters. The second-order valence-corrected chi connectivity index (χ2v) is 8.41. The van der Waals surface area contributed by atoms with Crippen LogP contribution in [-0.2, 0) is 15.6 Å². The van der Waals surface area contributed by atoms with Crippen LogP contribution >= 0.6 is 0 Å². The molecule has 2 N–H and O–H groups in total. The Balaban J connectivity index is 1.78. The van der Waals surface area contributed by atoms with E-state index in [1.54, 1.807) is 0 Å². The van der Waals surface area contributed by atoms with Crippen molar-refractivity contribution in [3.63, 3.8) is 0 Å². The van der Waals surface area contributed by atoms with Crippen molar-refractivity contribution in [3.8, 4) is 23.2 Å². The molecule has 1 aromatic carbocycles. The monoisotopic (exact) mass is 406 g/mol. The van der Waals surface area contributed by atoms with Crippen molar-refractivity contribution in [1.29, 1.82) is 0 Å². The van der Waals surface area contributed by atoms with Gasteiger partial charge in [-0.25, -0.2) is 27.1 Å². The van der Waals surface area contributed by atoms with Crippen LogP contribution in [0.15, 0.2) is 44.5 Å². The molecule has 12 heteroatoms. The first-order valence-corrected chi connectivity index (χ1v) is 9.66. The van der Waals surface area contributed by atoms with Gasteiger partial charge in [0, 0.05) is 18.2 Å². The molecule has 0 fully saturated rings. The van der Waals surface area contributed by atoms with E-state index < -0.39 is 27.1 Å². The highest BCUT2D eigenvalue weighted by molar-refractivity contribution is 7.89. The lowest BCUT2D eigenvalue weighted by Gasteiger charge is -2.34. The molecule has 0 saturated carbocycles. The number of hydrogen-bond donors (Lipinski definition) is 1. The minimum atomic E-state index is -3.75. The summed E-state index contributed by atoms with van der Waals surface area (Å²) < 4.78 is 50.8. The Labute approximate surface area is 159 Å². The van der Waals surface area contributed by atoms with E-state index >= 15 is 0 Å². The predicted octanol–water partition coefficient (Wildman–Crippen LogP) is 1.34. The van der Waals surface area contributed by atoms with Gasteiger partial charge >= 0.3 is 5.89 Å². The summed E-state index contributed by atoms with van der Waals surface area (Å²) in [4.78, 5) is 8.13. The molecule has 4 rings (SSSR count). The molecule has 0 radical (unpaired) electrons. The van der Waals surface area contributed by atoms with Crippen LogP contribution in [0, 0.1) is 5.82 Å². The zero-order valence-electron chi connectivity index (χ0n) is 14.8. The first kappa shape index (κ1) is 18.1. The fourth-order valence-corrected chi connectivity index (χ4v) is 4.36. The number of hydrogen-bond acceptors (Lipinski definition) is 9. The summed E-state index contributed by atoms with van der Waals surface area (Å²) in [6.45, 7) is 1.50. The largest absolute Gasteiger partial charge is 0.441 e. The zero-order chi connectivity index (χ0) is 20.1. The number of aliphatic imine (C=N–C) groups is 1. The van der Waals surface area contributed by atoms with Gasteiger partial charge in [0.1, 0.15) is 17.6 Å². The number of benzene rings is 1. The second-order valence-electron chi connectivity index (χ2n) is 6.41. The molecular weight excluding hydrogens is 391 g/mol. The topological polar surface area (TPSA) is 141 Å². The molecule has 28 heavy (non-hydrogen) atoms. The number of sulfonamides is 1. The van der Waals surface area contributed by atoms with E-state index in [1.807, 2.05) is 0 Å². The molecule has 3 aromatic rings. The van der Waals surface area contributed by atoms with E-state index in [0.29, 0.717) is 5.56 Å². The van der Waals surface area contributed by atoms with E-state index in [-0.39, 0.29) is 29.2 Å². The van der Waals surface area contributed by atoms with Gasteiger partial charge in [-0.1, -0.05) is 0 Å². The van der Waals surface area contributed by atoms with Crippen molar-refractivity contribution in [2.75, 3.05) is 12.8 Å². The molecule has 146 valence electrons. The molecule has 1 aliphatic rings. The maximum atomic E-state index is 14.6. The fraction of sp³-hybridized carbons (Fsp3) is 0.250. The van der Waals surface area contributed by atoms with Crippen LogP contribution in [0.2, 0.25) is 0 Å². The number of oxazole rings is 1. The van der Waals surface area contributed by atoms with Crippen LogP contribution in [0.4, 0.5) is 4.39 Å². The summed E-state index contributed by atoms with van der Waals surface area (Å²) in [6.07, 6.45) is 2.79. The zero-order valence-corrected chi connectivity index (χ0v) is 15.6. The summed E-state index contributed by atoms with van der Waals surface area (Å²) >= 11 is 0. The van der Waals surface area contributed by atoms with Crippen LogP contribution in [0.25, 0.3) is 23.2 Å². The van der Waals surface area contributed by atoms with Crippen molar-refractivity contribution >= 4 is 16.0 Å². The van der Waals surface area contributed by atoms with Gasteiger partial charge in [-0.05, 0) is 25.1 Å². The van der Waals surface area contributed by atoms with Crippen LogP contribution in [0.5, 0.6) is 0 Å². The fourth-order valence-electron chi connectivity index (χ4n) is 2.91. The maximum Gasteiger partial charge on any atom is 0.304 e. The van der Waals surface area contributed by atoms with Crippen molar-refractivity contribution in [2.24, 2.45) is 10.7 Å². The molecule has 2 aromatic heterocycles. The molecule has 0 unspecified atom stereocenters. The third-order valence-corrected chi connectivity index (χ3v) is 6.35. The van der Waals surface area contributed by atoms with Crippen molar-refractivity contribution in [2.45, 2.75) is 12.5 Å². The molecule has 3 heterocycles. The highest BCUT2D eigenvalue weighted by atomic mass is 32.2. The minimum absolute atomic E-state index is 0.0421. The van der Waals surface area contributed by atoms with E-state index in [4.69, 9.17) is 14.6 Å². The lowest BCUT2D eigenvalue weighted by Crippen LogP contribution is -2.50. The molecule has 0 aliphatic carbocycles. The number of rotatable bonds is 3. The number of nitrogens with two attached hydrogens (primary N) is 1. The Morgan fingerprint density at radius 3 is 2.68 bits per heavy atom. The molecule has 0 saturated heterocycles. The van der Waals surface area contributed by atoms with E-state index in [1.165, 1.54) is 44.6 Å². The Bertz CT molecular complexity index is 1170. The summed E-state index contributed by atoms with van der Waals surface area (Å²) in [5.74, 6) is -1.00. The highest BCUT2D eigenvalue weighted by Crippen LogP contribution is 2.35. The SMILES string of the molecule is CN1C(N)=N[C@](C)(c2cc(-c3nnc(-c4ncco4)o3)ccc2F)CS1(=O)=O. The summed E-state index contributed by atoms with van der Waals surface area (Å²) in [6, 6.07) is 4.03. The molecule has 0 bridgehead atoms. The van der Waals surface area contributed by atoms with Gasteiger partial charge in [-0.3, -0.25) is 0 Å². The molecule has 0 amide bonds. The lowest BCUT2D eigenvalue weighted by molar-refractivity contribution is 0.458. The Kier molecular flexibility index (Phi) is 3.96. The van der Waals surface area contributed by atoms with Crippen LogP contribution in [0.3, 0.4) is 0 Å². The molecule has 0 spiro atoms. The standard InChI is InChI=1S/C16H15FN6O4S/c1-16(8-28(24,25)23(2)15(18)20-16)10-7-9(3-4-11(10)17)12-21-22-14(27-12)13-19-5-6-26-13/h3-7H,8H2,1-2H3,(H2,18,20)/t16-/m0/s1. The molecule has 1 aliphatic heterocycles. The summed E-state index contributed by atoms with van der Waals surface area (Å²) in [7, 11) is -2.45. The van der Waals surface area contributed by atoms with Gasteiger partial charge in [0.2, 0.25) is 21.9 Å². The van der Waals surface area contributed by atoms with Crippen molar-refractivity contribution in [1.82, 2.24) is 19.5 Å². The van der Waals surface area contributed by atoms with Gasteiger partial charge < -0.3 is 14.6 Å². The van der Waals surface area contributed by atoms with Gasteiger partial charge in [0.05, 0.1) is 11.9 Å². The first-order valence-electron chi connectivity index (χ1n) is 8.05. The minimum Gasteiger partial charge on any atom is -0.441 e. The quantitative estimate of drug-likeness (QED) is 0.687. The first-order chi connectivity index (χ1) is 13.2. The number of guanidine groups is 1. The van der Waals surface area contributed by atoms with Gasteiger partial charge in [-0.15, -0.1) is 10.2 Å². The Morgan fingerprint density at radius 2 is 2.00 bits per heavy atom. The van der Waals surface area contributed by atoms with Crippen LogP contribution < -0.4 is 5.73 Å². The lowest BCUT2D eigenvalue weighted by atomic mass is 9.92. The van der Waals surface area contributed by atoms with Gasteiger partial charge in [0.15, 0.2) is 0 Å². The third-order valence-electron chi connectivity index (χ3n) is 4.40. The smallest absolute Gasteiger partial charge is 0.304 e. The van der Waals surface area contributed by atoms with Crippen molar-refractivity contribution < 1.29 is 21.6 Å². The van der Waals surface area contributed by atoms with E-state index in [0.717, 1.165) is 4.31 Å². The Hall–Kier alpha value is -3.28. The molecule has 10 nitrogen and oxygen atoms in total. The van der Waals surface area contributed by atoms with Crippen LogP contribution in [0.1, 0.15) is 12.5 Å². The van der Waals surface area contributed by atoms with Gasteiger partial charge in [0.25, 0.3) is 5.89 Å².